The van der Waals surface area contributed by atoms with Crippen molar-refractivity contribution in [2.45, 2.75) is 0 Å². The summed E-state index contributed by atoms with van der Waals surface area (Å²) in [5.41, 5.74) is 2.53. The van der Waals surface area contributed by atoms with Gasteiger partial charge in [0.15, 0.2) is 0 Å². The van der Waals surface area contributed by atoms with Crippen LogP contribution in [0.1, 0.15) is 20.7 Å². The van der Waals surface area contributed by atoms with Gasteiger partial charge in [-0.3, -0.25) is 9.59 Å². The number of rotatable bonds is 2. The van der Waals surface area contributed by atoms with Crippen LogP contribution in [0.4, 0.5) is 11.4 Å². The normalized spacial score (nSPS) is 13.5. The van der Waals surface area contributed by atoms with Crippen molar-refractivity contribution in [3.8, 4) is 0 Å². The molecule has 0 saturated heterocycles. The lowest BCUT2D eigenvalue weighted by atomic mass is 9.93. The fourth-order valence-corrected chi connectivity index (χ4v) is 3.42. The SMILES string of the molecule is CN(C)c1ccc(N2C(=O)c3cccc4c(Cl)ccc(c34)C2=O)cc1. The van der Waals surface area contributed by atoms with Gasteiger partial charge in [-0.1, -0.05) is 23.7 Å². The molecule has 0 atom stereocenters. The molecule has 3 aromatic carbocycles. The highest BCUT2D eigenvalue weighted by Crippen LogP contribution is 2.36. The van der Waals surface area contributed by atoms with Gasteiger partial charge >= 0.3 is 0 Å². The molecule has 3 aromatic rings. The van der Waals surface area contributed by atoms with Gasteiger partial charge in [0.1, 0.15) is 0 Å². The molecule has 0 saturated carbocycles. The Morgan fingerprint density at radius 3 is 2.12 bits per heavy atom. The van der Waals surface area contributed by atoms with Crippen molar-refractivity contribution < 1.29 is 9.59 Å². The molecule has 0 unspecified atom stereocenters. The highest BCUT2D eigenvalue weighted by Gasteiger charge is 2.34. The molecule has 1 aliphatic heterocycles. The summed E-state index contributed by atoms with van der Waals surface area (Å²) >= 11 is 6.24. The van der Waals surface area contributed by atoms with Crippen molar-refractivity contribution in [3.05, 3.63) is 70.7 Å². The van der Waals surface area contributed by atoms with E-state index < -0.39 is 0 Å². The Labute approximate surface area is 150 Å². The van der Waals surface area contributed by atoms with Crippen LogP contribution in [0.25, 0.3) is 10.8 Å². The maximum absolute atomic E-state index is 13.0. The molecule has 0 radical (unpaired) electrons. The molecule has 1 aliphatic rings. The first-order valence-corrected chi connectivity index (χ1v) is 8.24. The van der Waals surface area contributed by atoms with E-state index in [1.165, 1.54) is 4.90 Å². The third-order valence-electron chi connectivity index (χ3n) is 4.48. The van der Waals surface area contributed by atoms with E-state index in [0.29, 0.717) is 27.2 Å². The highest BCUT2D eigenvalue weighted by molar-refractivity contribution is 6.40. The van der Waals surface area contributed by atoms with Crippen LogP contribution in [-0.2, 0) is 0 Å². The fraction of sp³-hybridized carbons (Fsp3) is 0.100. The molecule has 4 rings (SSSR count). The third kappa shape index (κ3) is 2.29. The van der Waals surface area contributed by atoms with Gasteiger partial charge in [0.2, 0.25) is 0 Å². The second-order valence-corrected chi connectivity index (χ2v) is 6.59. The standard InChI is InChI=1S/C20H15ClN2O2/c1-22(2)12-6-8-13(9-7-12)23-19(24)15-5-3-4-14-17(21)11-10-16(18(14)15)20(23)25/h3-11H,1-2H3. The number of anilines is 2. The second-order valence-electron chi connectivity index (χ2n) is 6.18. The van der Waals surface area contributed by atoms with E-state index in [2.05, 4.69) is 0 Å². The largest absolute Gasteiger partial charge is 0.378 e. The Balaban J connectivity index is 1.89. The molecule has 4 nitrogen and oxygen atoms in total. The Morgan fingerprint density at radius 1 is 0.840 bits per heavy atom. The summed E-state index contributed by atoms with van der Waals surface area (Å²) in [6.45, 7) is 0. The molecule has 0 aliphatic carbocycles. The van der Waals surface area contributed by atoms with Gasteiger partial charge in [-0.05, 0) is 42.5 Å². The van der Waals surface area contributed by atoms with Crippen LogP contribution >= 0.6 is 11.6 Å². The van der Waals surface area contributed by atoms with Gasteiger partial charge in [0.05, 0.1) is 5.69 Å². The maximum Gasteiger partial charge on any atom is 0.265 e. The molecule has 1 heterocycles. The summed E-state index contributed by atoms with van der Waals surface area (Å²) in [5.74, 6) is -0.661. The molecule has 2 amide bonds. The molecule has 0 bridgehead atoms. The molecule has 0 spiro atoms. The average molecular weight is 351 g/mol. The van der Waals surface area contributed by atoms with Gasteiger partial charge in [0.25, 0.3) is 11.8 Å². The molecule has 0 fully saturated rings. The lowest BCUT2D eigenvalue weighted by Gasteiger charge is -2.27. The van der Waals surface area contributed by atoms with Crippen molar-refractivity contribution in [3.63, 3.8) is 0 Å². The number of halogens is 1. The quantitative estimate of drug-likeness (QED) is 0.645. The van der Waals surface area contributed by atoms with E-state index in [1.807, 2.05) is 37.2 Å². The smallest absolute Gasteiger partial charge is 0.265 e. The topological polar surface area (TPSA) is 40.6 Å². The van der Waals surface area contributed by atoms with Crippen LogP contribution in [0.3, 0.4) is 0 Å². The van der Waals surface area contributed by atoms with Crippen molar-refractivity contribution in [1.29, 1.82) is 0 Å². The van der Waals surface area contributed by atoms with Crippen LogP contribution in [0.5, 0.6) is 0 Å². The average Bonchev–Trinajstić information content (AvgIpc) is 2.61. The van der Waals surface area contributed by atoms with E-state index in [-0.39, 0.29) is 11.8 Å². The summed E-state index contributed by atoms with van der Waals surface area (Å²) in [6, 6.07) is 16.1. The number of hydrogen-bond acceptors (Lipinski definition) is 3. The van der Waals surface area contributed by atoms with E-state index in [0.717, 1.165) is 11.1 Å². The molecule has 25 heavy (non-hydrogen) atoms. The van der Waals surface area contributed by atoms with Crippen molar-refractivity contribution in [2.75, 3.05) is 23.9 Å². The molecule has 0 N–H and O–H groups in total. The summed E-state index contributed by atoms with van der Waals surface area (Å²) in [7, 11) is 3.87. The number of benzene rings is 3. The summed E-state index contributed by atoms with van der Waals surface area (Å²) in [4.78, 5) is 29.2. The number of amides is 2. The van der Waals surface area contributed by atoms with Gasteiger partial charge < -0.3 is 4.90 Å². The van der Waals surface area contributed by atoms with E-state index in [9.17, 15) is 9.59 Å². The number of hydrogen-bond donors (Lipinski definition) is 0. The Bertz CT molecular complexity index is 1000. The molecular formula is C20H15ClN2O2. The monoisotopic (exact) mass is 350 g/mol. The molecular weight excluding hydrogens is 336 g/mol. The zero-order valence-corrected chi connectivity index (χ0v) is 14.5. The molecule has 5 heteroatoms. The third-order valence-corrected chi connectivity index (χ3v) is 4.81. The van der Waals surface area contributed by atoms with Gasteiger partial charge in [-0.15, -0.1) is 0 Å². The Kier molecular flexibility index (Phi) is 3.51. The lowest BCUT2D eigenvalue weighted by molar-refractivity contribution is 0.0893. The number of imide groups is 1. The van der Waals surface area contributed by atoms with Crippen LogP contribution in [0.2, 0.25) is 5.02 Å². The maximum atomic E-state index is 13.0. The van der Waals surface area contributed by atoms with Crippen molar-refractivity contribution in [1.82, 2.24) is 0 Å². The van der Waals surface area contributed by atoms with Gasteiger partial charge in [0, 0.05) is 46.7 Å². The van der Waals surface area contributed by atoms with Crippen LogP contribution in [0.15, 0.2) is 54.6 Å². The first-order chi connectivity index (χ1) is 12.0. The minimum absolute atomic E-state index is 0.331. The first-order valence-electron chi connectivity index (χ1n) is 7.86. The molecule has 124 valence electrons. The van der Waals surface area contributed by atoms with Crippen molar-refractivity contribution in [2.24, 2.45) is 0 Å². The van der Waals surface area contributed by atoms with E-state index in [4.69, 9.17) is 11.6 Å². The predicted molar refractivity (Wildman–Crippen MR) is 101 cm³/mol. The van der Waals surface area contributed by atoms with Crippen LogP contribution < -0.4 is 9.80 Å². The van der Waals surface area contributed by atoms with E-state index in [1.54, 1.807) is 36.4 Å². The second kappa shape index (κ2) is 5.60. The van der Waals surface area contributed by atoms with Crippen LogP contribution in [-0.4, -0.2) is 25.9 Å². The lowest BCUT2D eigenvalue weighted by Crippen LogP contribution is -2.40. The zero-order valence-electron chi connectivity index (χ0n) is 13.8. The Morgan fingerprint density at radius 2 is 1.48 bits per heavy atom. The fourth-order valence-electron chi connectivity index (χ4n) is 3.20. The highest BCUT2D eigenvalue weighted by atomic mass is 35.5. The minimum Gasteiger partial charge on any atom is -0.378 e. The predicted octanol–water partition coefficient (Wildman–Crippen LogP) is 4.36. The number of carbonyl (C=O) groups is 2. The first kappa shape index (κ1) is 15.7. The molecule has 0 aromatic heterocycles. The van der Waals surface area contributed by atoms with Gasteiger partial charge in [-0.2, -0.15) is 0 Å². The summed E-state index contributed by atoms with van der Waals surface area (Å²) < 4.78 is 0. The van der Waals surface area contributed by atoms with Crippen molar-refractivity contribution >= 4 is 45.6 Å². The zero-order chi connectivity index (χ0) is 17.7. The summed E-state index contributed by atoms with van der Waals surface area (Å²) in [6.07, 6.45) is 0. The number of nitrogens with zero attached hydrogens (tertiary/aromatic N) is 2. The summed E-state index contributed by atoms with van der Waals surface area (Å²) in [5, 5.41) is 1.89. The minimum atomic E-state index is -0.331. The Hall–Kier alpha value is -2.85. The van der Waals surface area contributed by atoms with Crippen LogP contribution in [0, 0.1) is 0 Å². The number of carbonyl (C=O) groups excluding carboxylic acids is 2. The van der Waals surface area contributed by atoms with Gasteiger partial charge in [-0.25, -0.2) is 4.90 Å². The van der Waals surface area contributed by atoms with E-state index >= 15 is 0 Å².